The highest BCUT2D eigenvalue weighted by Gasteiger charge is 2.11. The SMILES string of the molecule is CCc1ccc(Cc2nnc(SCC(=O)Nc3ccc(C)c(Br)c3)o2)cc1. The normalized spacial score (nSPS) is 10.8. The van der Waals surface area contributed by atoms with Crippen LogP contribution in [0.5, 0.6) is 0 Å². The monoisotopic (exact) mass is 445 g/mol. The summed E-state index contributed by atoms with van der Waals surface area (Å²) in [6, 6.07) is 14.1. The number of carbonyl (C=O) groups excluding carboxylic acids is 1. The topological polar surface area (TPSA) is 68.0 Å². The van der Waals surface area contributed by atoms with E-state index in [4.69, 9.17) is 4.42 Å². The van der Waals surface area contributed by atoms with Gasteiger partial charge in [-0.05, 0) is 42.2 Å². The van der Waals surface area contributed by atoms with E-state index in [1.807, 2.05) is 25.1 Å². The van der Waals surface area contributed by atoms with Crippen molar-refractivity contribution in [3.8, 4) is 0 Å². The number of halogens is 1. The molecule has 0 saturated carbocycles. The zero-order chi connectivity index (χ0) is 19.2. The van der Waals surface area contributed by atoms with Crippen LogP contribution in [0, 0.1) is 6.92 Å². The number of amides is 1. The summed E-state index contributed by atoms with van der Waals surface area (Å²) in [5, 5.41) is 11.3. The second-order valence-electron chi connectivity index (χ2n) is 6.11. The van der Waals surface area contributed by atoms with Gasteiger partial charge in [0.05, 0.1) is 12.2 Å². The molecule has 1 N–H and O–H groups in total. The predicted molar refractivity (Wildman–Crippen MR) is 111 cm³/mol. The van der Waals surface area contributed by atoms with Gasteiger partial charge in [-0.3, -0.25) is 4.79 Å². The van der Waals surface area contributed by atoms with E-state index in [9.17, 15) is 4.79 Å². The van der Waals surface area contributed by atoms with Crippen LogP contribution in [0.25, 0.3) is 0 Å². The minimum Gasteiger partial charge on any atom is -0.416 e. The molecule has 0 aliphatic heterocycles. The van der Waals surface area contributed by atoms with E-state index >= 15 is 0 Å². The molecule has 7 heteroatoms. The highest BCUT2D eigenvalue weighted by molar-refractivity contribution is 9.10. The van der Waals surface area contributed by atoms with Gasteiger partial charge in [0.2, 0.25) is 11.8 Å². The van der Waals surface area contributed by atoms with Gasteiger partial charge in [-0.2, -0.15) is 0 Å². The number of hydrogen-bond donors (Lipinski definition) is 1. The van der Waals surface area contributed by atoms with Gasteiger partial charge < -0.3 is 9.73 Å². The smallest absolute Gasteiger partial charge is 0.277 e. The maximum Gasteiger partial charge on any atom is 0.277 e. The molecule has 3 rings (SSSR count). The number of rotatable bonds is 7. The molecule has 0 spiro atoms. The van der Waals surface area contributed by atoms with Crippen molar-refractivity contribution >= 4 is 39.3 Å². The molecule has 0 aliphatic carbocycles. The van der Waals surface area contributed by atoms with Crippen LogP contribution in [0.15, 0.2) is 56.6 Å². The van der Waals surface area contributed by atoms with Gasteiger partial charge in [0, 0.05) is 10.2 Å². The first kappa shape index (κ1) is 19.6. The summed E-state index contributed by atoms with van der Waals surface area (Å²) in [6.45, 7) is 4.13. The second-order valence-corrected chi connectivity index (χ2v) is 7.89. The molecule has 1 amide bonds. The molecular formula is C20H20BrN3O2S. The minimum absolute atomic E-state index is 0.120. The standard InChI is InChI=1S/C20H20BrN3O2S/c1-3-14-5-7-15(8-6-14)10-19-23-24-20(26-19)27-12-18(25)22-16-9-4-13(2)17(21)11-16/h4-9,11H,3,10,12H2,1-2H3,(H,22,25). The lowest BCUT2D eigenvalue weighted by Crippen LogP contribution is -2.14. The largest absolute Gasteiger partial charge is 0.416 e. The van der Waals surface area contributed by atoms with Gasteiger partial charge >= 0.3 is 0 Å². The Balaban J connectivity index is 1.51. The number of aryl methyl sites for hydroxylation is 2. The van der Waals surface area contributed by atoms with Crippen molar-refractivity contribution in [3.05, 3.63) is 69.5 Å². The number of anilines is 1. The molecule has 3 aromatic rings. The lowest BCUT2D eigenvalue weighted by Gasteiger charge is -2.06. The number of nitrogens with one attached hydrogen (secondary N) is 1. The van der Waals surface area contributed by atoms with Gasteiger partial charge in [0.1, 0.15) is 0 Å². The molecule has 0 fully saturated rings. The molecule has 0 bridgehead atoms. The third kappa shape index (κ3) is 5.68. The van der Waals surface area contributed by atoms with E-state index in [-0.39, 0.29) is 11.7 Å². The van der Waals surface area contributed by atoms with Gasteiger partial charge in [-0.15, -0.1) is 10.2 Å². The Hall–Kier alpha value is -2.12. The summed E-state index contributed by atoms with van der Waals surface area (Å²) in [6.07, 6.45) is 1.60. The summed E-state index contributed by atoms with van der Waals surface area (Å²) >= 11 is 4.69. The summed E-state index contributed by atoms with van der Waals surface area (Å²) in [7, 11) is 0. The molecule has 2 aromatic carbocycles. The van der Waals surface area contributed by atoms with Crippen molar-refractivity contribution in [1.82, 2.24) is 10.2 Å². The molecule has 5 nitrogen and oxygen atoms in total. The van der Waals surface area contributed by atoms with Crippen LogP contribution in [0.1, 0.15) is 29.5 Å². The van der Waals surface area contributed by atoms with Gasteiger partial charge in [-0.1, -0.05) is 64.9 Å². The molecule has 0 saturated heterocycles. The Kier molecular flexibility index (Phi) is 6.68. The fourth-order valence-corrected chi connectivity index (χ4v) is 3.39. The van der Waals surface area contributed by atoms with Crippen LogP contribution in [0.4, 0.5) is 5.69 Å². The maximum absolute atomic E-state index is 12.1. The first-order chi connectivity index (χ1) is 13.0. The van der Waals surface area contributed by atoms with Crippen molar-refractivity contribution in [3.63, 3.8) is 0 Å². The molecule has 1 aromatic heterocycles. The Bertz CT molecular complexity index is 925. The Morgan fingerprint density at radius 3 is 2.59 bits per heavy atom. The molecule has 0 radical (unpaired) electrons. The lowest BCUT2D eigenvalue weighted by molar-refractivity contribution is -0.113. The van der Waals surface area contributed by atoms with Crippen LogP contribution < -0.4 is 5.32 Å². The summed E-state index contributed by atoms with van der Waals surface area (Å²) in [5.74, 6) is 0.633. The number of aromatic nitrogens is 2. The van der Waals surface area contributed by atoms with Crippen LogP contribution in [-0.4, -0.2) is 21.9 Å². The number of benzene rings is 2. The Morgan fingerprint density at radius 2 is 1.89 bits per heavy atom. The lowest BCUT2D eigenvalue weighted by atomic mass is 10.1. The number of carbonyl (C=O) groups is 1. The maximum atomic E-state index is 12.1. The molecule has 27 heavy (non-hydrogen) atoms. The molecule has 0 atom stereocenters. The summed E-state index contributed by atoms with van der Waals surface area (Å²) in [5.41, 5.74) is 4.28. The molecule has 140 valence electrons. The third-order valence-corrected chi connectivity index (χ3v) is 5.69. The Morgan fingerprint density at radius 1 is 1.15 bits per heavy atom. The molecule has 0 unspecified atom stereocenters. The zero-order valence-electron chi connectivity index (χ0n) is 15.2. The van der Waals surface area contributed by atoms with Crippen LogP contribution in [0.2, 0.25) is 0 Å². The highest BCUT2D eigenvalue weighted by Crippen LogP contribution is 2.22. The zero-order valence-corrected chi connectivity index (χ0v) is 17.6. The number of hydrogen-bond acceptors (Lipinski definition) is 5. The number of nitrogens with zero attached hydrogens (tertiary/aromatic N) is 2. The van der Waals surface area contributed by atoms with Gasteiger partial charge in [0.25, 0.3) is 5.22 Å². The highest BCUT2D eigenvalue weighted by atomic mass is 79.9. The minimum atomic E-state index is -0.120. The third-order valence-electron chi connectivity index (χ3n) is 4.02. The van der Waals surface area contributed by atoms with Crippen LogP contribution >= 0.6 is 27.7 Å². The first-order valence-corrected chi connectivity index (χ1v) is 10.4. The fraction of sp³-hybridized carbons (Fsp3) is 0.250. The van der Waals surface area contributed by atoms with E-state index in [0.717, 1.165) is 27.7 Å². The summed E-state index contributed by atoms with van der Waals surface area (Å²) < 4.78 is 6.59. The van der Waals surface area contributed by atoms with Gasteiger partial charge in [-0.25, -0.2) is 0 Å². The van der Waals surface area contributed by atoms with Crippen molar-refractivity contribution in [2.45, 2.75) is 31.9 Å². The van der Waals surface area contributed by atoms with Gasteiger partial charge in [0.15, 0.2) is 0 Å². The van der Waals surface area contributed by atoms with Crippen molar-refractivity contribution in [1.29, 1.82) is 0 Å². The Labute approximate surface area is 171 Å². The molecular weight excluding hydrogens is 426 g/mol. The average Bonchev–Trinajstić information content (AvgIpc) is 3.11. The van der Waals surface area contributed by atoms with Crippen LogP contribution in [0.3, 0.4) is 0 Å². The van der Waals surface area contributed by atoms with Crippen molar-refractivity contribution in [2.75, 3.05) is 11.1 Å². The fourth-order valence-electron chi connectivity index (χ4n) is 2.43. The number of thioether (sulfide) groups is 1. The second kappa shape index (κ2) is 9.19. The van der Waals surface area contributed by atoms with E-state index in [2.05, 4.69) is 62.6 Å². The molecule has 0 aliphatic rings. The molecule has 1 heterocycles. The van der Waals surface area contributed by atoms with Crippen molar-refractivity contribution in [2.24, 2.45) is 0 Å². The first-order valence-electron chi connectivity index (χ1n) is 8.62. The van der Waals surface area contributed by atoms with E-state index in [1.165, 1.54) is 17.3 Å². The van der Waals surface area contributed by atoms with Crippen LogP contribution in [-0.2, 0) is 17.6 Å². The summed E-state index contributed by atoms with van der Waals surface area (Å²) in [4.78, 5) is 12.1. The van der Waals surface area contributed by atoms with E-state index in [1.54, 1.807) is 0 Å². The average molecular weight is 446 g/mol. The predicted octanol–water partition coefficient (Wildman–Crippen LogP) is 5.02. The van der Waals surface area contributed by atoms with Crippen molar-refractivity contribution < 1.29 is 9.21 Å². The quantitative estimate of drug-likeness (QED) is 0.516. The van der Waals surface area contributed by atoms with E-state index < -0.39 is 0 Å². The van der Waals surface area contributed by atoms with E-state index in [0.29, 0.717) is 17.5 Å².